The molecule has 0 atom stereocenters. The van der Waals surface area contributed by atoms with Gasteiger partial charge in [0.2, 0.25) is 0 Å². The number of rotatable bonds is 2. The highest BCUT2D eigenvalue weighted by atomic mass is 32.1. The molecule has 1 N–H and O–H groups in total. The standard InChI is InChI=1S/C13H14FN3OS/c1-13(2,3)10-7-19-12(16-10)17-11(18)8-4-5-15-6-9(8)14/h4-7H,1-3H3,(H,16,17,18). The number of hydrogen-bond donors (Lipinski definition) is 1. The second-order valence-corrected chi connectivity index (χ2v) is 5.96. The van der Waals surface area contributed by atoms with E-state index in [2.05, 4.69) is 15.3 Å². The molecular weight excluding hydrogens is 265 g/mol. The van der Waals surface area contributed by atoms with E-state index in [-0.39, 0.29) is 11.0 Å². The molecule has 2 aromatic heterocycles. The van der Waals surface area contributed by atoms with E-state index in [4.69, 9.17) is 0 Å². The first-order chi connectivity index (χ1) is 8.88. The molecule has 100 valence electrons. The Balaban J connectivity index is 2.16. The summed E-state index contributed by atoms with van der Waals surface area (Å²) in [6, 6.07) is 1.34. The fraction of sp³-hybridized carbons (Fsp3) is 0.308. The fourth-order valence-corrected chi connectivity index (χ4v) is 2.33. The van der Waals surface area contributed by atoms with Crippen molar-refractivity contribution >= 4 is 22.4 Å². The maximum absolute atomic E-state index is 13.4. The summed E-state index contributed by atoms with van der Waals surface area (Å²) in [5.74, 6) is -1.16. The van der Waals surface area contributed by atoms with Crippen molar-refractivity contribution in [3.63, 3.8) is 0 Å². The fourth-order valence-electron chi connectivity index (χ4n) is 1.40. The molecule has 0 aliphatic carbocycles. The van der Waals surface area contributed by atoms with Crippen molar-refractivity contribution in [2.24, 2.45) is 0 Å². The number of amides is 1. The van der Waals surface area contributed by atoms with Crippen LogP contribution in [0.4, 0.5) is 9.52 Å². The van der Waals surface area contributed by atoms with Crippen LogP contribution in [0.3, 0.4) is 0 Å². The SMILES string of the molecule is CC(C)(C)c1csc(NC(=O)c2ccncc2F)n1. The van der Waals surface area contributed by atoms with Crippen LogP contribution in [0, 0.1) is 5.82 Å². The molecule has 2 rings (SSSR count). The Hall–Kier alpha value is -1.82. The van der Waals surface area contributed by atoms with Gasteiger partial charge in [0.1, 0.15) is 0 Å². The summed E-state index contributed by atoms with van der Waals surface area (Å²) in [5, 5.41) is 4.94. The van der Waals surface area contributed by atoms with Crippen LogP contribution in [0.1, 0.15) is 36.8 Å². The lowest BCUT2D eigenvalue weighted by Gasteiger charge is -2.14. The summed E-state index contributed by atoms with van der Waals surface area (Å²) in [4.78, 5) is 19.8. The zero-order chi connectivity index (χ0) is 14.0. The van der Waals surface area contributed by atoms with Gasteiger partial charge in [0.25, 0.3) is 5.91 Å². The Morgan fingerprint density at radius 3 is 2.74 bits per heavy atom. The molecule has 0 fully saturated rings. The lowest BCUT2D eigenvalue weighted by Crippen LogP contribution is -2.15. The maximum Gasteiger partial charge on any atom is 0.260 e. The molecule has 1 amide bonds. The van der Waals surface area contributed by atoms with Gasteiger partial charge in [-0.3, -0.25) is 15.1 Å². The molecule has 6 heteroatoms. The summed E-state index contributed by atoms with van der Waals surface area (Å²) in [6.07, 6.45) is 2.39. The molecule has 0 unspecified atom stereocenters. The van der Waals surface area contributed by atoms with E-state index in [0.29, 0.717) is 5.13 Å². The van der Waals surface area contributed by atoms with Gasteiger partial charge in [-0.25, -0.2) is 9.37 Å². The quantitative estimate of drug-likeness (QED) is 0.918. The van der Waals surface area contributed by atoms with Crippen LogP contribution < -0.4 is 5.32 Å². The number of hydrogen-bond acceptors (Lipinski definition) is 4. The second kappa shape index (κ2) is 5.05. The van der Waals surface area contributed by atoms with Gasteiger partial charge >= 0.3 is 0 Å². The number of halogens is 1. The van der Waals surface area contributed by atoms with Gasteiger partial charge in [-0.15, -0.1) is 11.3 Å². The van der Waals surface area contributed by atoms with Crippen molar-refractivity contribution in [2.45, 2.75) is 26.2 Å². The average Bonchev–Trinajstić information content (AvgIpc) is 2.77. The van der Waals surface area contributed by atoms with Crippen LogP contribution in [0.15, 0.2) is 23.8 Å². The third-order valence-electron chi connectivity index (χ3n) is 2.51. The van der Waals surface area contributed by atoms with Gasteiger partial charge < -0.3 is 0 Å². The van der Waals surface area contributed by atoms with E-state index in [1.165, 1.54) is 23.6 Å². The Bertz CT molecular complexity index is 604. The Morgan fingerprint density at radius 1 is 1.42 bits per heavy atom. The third-order valence-corrected chi connectivity index (χ3v) is 3.27. The van der Waals surface area contributed by atoms with E-state index in [0.717, 1.165) is 11.9 Å². The number of aromatic nitrogens is 2. The molecule has 2 heterocycles. The third kappa shape index (κ3) is 3.14. The summed E-state index contributed by atoms with van der Waals surface area (Å²) in [7, 11) is 0. The van der Waals surface area contributed by atoms with Gasteiger partial charge in [-0.05, 0) is 6.07 Å². The minimum absolute atomic E-state index is 0.0393. The highest BCUT2D eigenvalue weighted by molar-refractivity contribution is 7.14. The summed E-state index contributed by atoms with van der Waals surface area (Å²) in [5.41, 5.74) is 0.770. The molecule has 4 nitrogen and oxygen atoms in total. The van der Waals surface area contributed by atoms with Gasteiger partial charge in [-0.1, -0.05) is 20.8 Å². The molecule has 0 radical (unpaired) electrons. The van der Waals surface area contributed by atoms with Gasteiger partial charge in [0.05, 0.1) is 17.5 Å². The maximum atomic E-state index is 13.4. The van der Waals surface area contributed by atoms with Crippen LogP contribution in [0.2, 0.25) is 0 Å². The minimum atomic E-state index is -0.646. The van der Waals surface area contributed by atoms with E-state index in [9.17, 15) is 9.18 Å². The molecular formula is C13H14FN3OS. The number of carbonyl (C=O) groups excluding carboxylic acids is 1. The lowest BCUT2D eigenvalue weighted by atomic mass is 9.93. The number of anilines is 1. The van der Waals surface area contributed by atoms with E-state index < -0.39 is 11.7 Å². The number of thiazole rings is 1. The number of carbonyl (C=O) groups is 1. The molecule has 0 aliphatic rings. The van der Waals surface area contributed by atoms with Crippen LogP contribution in [-0.4, -0.2) is 15.9 Å². The minimum Gasteiger partial charge on any atom is -0.298 e. The zero-order valence-corrected chi connectivity index (χ0v) is 11.7. The summed E-state index contributed by atoms with van der Waals surface area (Å²) < 4.78 is 13.4. The van der Waals surface area contributed by atoms with Crippen molar-refractivity contribution in [2.75, 3.05) is 5.32 Å². The van der Waals surface area contributed by atoms with E-state index >= 15 is 0 Å². The van der Waals surface area contributed by atoms with Gasteiger partial charge in [0, 0.05) is 17.0 Å². The molecule has 0 spiro atoms. The predicted octanol–water partition coefficient (Wildman–Crippen LogP) is 3.23. The van der Waals surface area contributed by atoms with Crippen molar-refractivity contribution in [3.8, 4) is 0 Å². The largest absolute Gasteiger partial charge is 0.298 e. The van der Waals surface area contributed by atoms with Gasteiger partial charge in [0.15, 0.2) is 10.9 Å². The molecule has 0 aromatic carbocycles. The molecule has 19 heavy (non-hydrogen) atoms. The molecule has 0 saturated heterocycles. The van der Waals surface area contributed by atoms with Crippen molar-refractivity contribution in [1.82, 2.24) is 9.97 Å². The molecule has 0 bridgehead atoms. The van der Waals surface area contributed by atoms with Crippen LogP contribution in [0.25, 0.3) is 0 Å². The van der Waals surface area contributed by atoms with Crippen LogP contribution >= 0.6 is 11.3 Å². The number of nitrogens with one attached hydrogen (secondary N) is 1. The highest BCUT2D eigenvalue weighted by Crippen LogP contribution is 2.26. The first-order valence-electron chi connectivity index (χ1n) is 5.75. The Morgan fingerprint density at radius 2 is 2.16 bits per heavy atom. The van der Waals surface area contributed by atoms with E-state index in [1.54, 1.807) is 0 Å². The number of pyridine rings is 1. The van der Waals surface area contributed by atoms with Crippen molar-refractivity contribution in [3.05, 3.63) is 40.9 Å². The molecule has 0 aliphatic heterocycles. The Labute approximate surface area is 114 Å². The average molecular weight is 279 g/mol. The summed E-state index contributed by atoms with van der Waals surface area (Å²) >= 11 is 1.32. The second-order valence-electron chi connectivity index (χ2n) is 5.10. The smallest absolute Gasteiger partial charge is 0.260 e. The number of nitrogens with zero attached hydrogens (tertiary/aromatic N) is 2. The summed E-state index contributed by atoms with van der Waals surface area (Å²) in [6.45, 7) is 6.11. The normalized spacial score (nSPS) is 11.4. The Kier molecular flexibility index (Phi) is 3.61. The van der Waals surface area contributed by atoms with Gasteiger partial charge in [-0.2, -0.15) is 0 Å². The predicted molar refractivity (Wildman–Crippen MR) is 73.0 cm³/mol. The highest BCUT2D eigenvalue weighted by Gasteiger charge is 2.19. The topological polar surface area (TPSA) is 54.9 Å². The van der Waals surface area contributed by atoms with Crippen LogP contribution in [-0.2, 0) is 5.41 Å². The first-order valence-corrected chi connectivity index (χ1v) is 6.63. The van der Waals surface area contributed by atoms with Crippen molar-refractivity contribution in [1.29, 1.82) is 0 Å². The molecule has 0 saturated carbocycles. The monoisotopic (exact) mass is 279 g/mol. The lowest BCUT2D eigenvalue weighted by molar-refractivity contribution is 0.102. The molecule has 2 aromatic rings. The first kappa shape index (κ1) is 13.6. The zero-order valence-electron chi connectivity index (χ0n) is 10.9. The van der Waals surface area contributed by atoms with E-state index in [1.807, 2.05) is 26.2 Å². The van der Waals surface area contributed by atoms with Crippen molar-refractivity contribution < 1.29 is 9.18 Å². The van der Waals surface area contributed by atoms with Crippen LogP contribution in [0.5, 0.6) is 0 Å².